The summed E-state index contributed by atoms with van der Waals surface area (Å²) in [4.78, 5) is 21.5. The van der Waals surface area contributed by atoms with E-state index >= 15 is 0 Å². The Bertz CT molecular complexity index is 922. The molecule has 1 fully saturated rings. The second-order valence-corrected chi connectivity index (χ2v) is 7.46. The molecular weight excluding hydrogens is 354 g/mol. The van der Waals surface area contributed by atoms with Gasteiger partial charge in [0.25, 0.3) is 0 Å². The standard InChI is InChI=1S/C20H27N7O/c1-3-16(17-13-26-11-7-10-21-19(26)22-17)23-20(28)24-18-12-14(2)25-27(18)15-8-5-4-6-9-15/h7,10-13,15-16H,3-6,8-9H2,1-2H3,(H2,23,24,28)/t16-/m0/s1. The summed E-state index contributed by atoms with van der Waals surface area (Å²) in [7, 11) is 0. The number of aryl methyl sites for hydroxylation is 1. The number of amides is 2. The fourth-order valence-corrected chi connectivity index (χ4v) is 3.93. The maximum Gasteiger partial charge on any atom is 0.320 e. The van der Waals surface area contributed by atoms with E-state index in [9.17, 15) is 4.79 Å². The maximum absolute atomic E-state index is 12.7. The van der Waals surface area contributed by atoms with Gasteiger partial charge in [-0.1, -0.05) is 26.2 Å². The molecule has 4 rings (SSSR count). The molecule has 2 amide bonds. The van der Waals surface area contributed by atoms with Crippen LogP contribution < -0.4 is 10.6 Å². The van der Waals surface area contributed by atoms with E-state index in [1.165, 1.54) is 19.3 Å². The molecule has 0 spiro atoms. The van der Waals surface area contributed by atoms with Gasteiger partial charge >= 0.3 is 6.03 Å². The van der Waals surface area contributed by atoms with Crippen LogP contribution in [0.15, 0.2) is 30.7 Å². The summed E-state index contributed by atoms with van der Waals surface area (Å²) in [6.45, 7) is 3.99. The van der Waals surface area contributed by atoms with Crippen molar-refractivity contribution in [1.82, 2.24) is 29.5 Å². The molecule has 148 valence electrons. The van der Waals surface area contributed by atoms with Crippen LogP contribution in [0.2, 0.25) is 0 Å². The van der Waals surface area contributed by atoms with Crippen LogP contribution >= 0.6 is 0 Å². The van der Waals surface area contributed by atoms with Crippen molar-refractivity contribution in [2.45, 2.75) is 64.5 Å². The number of imidazole rings is 1. The summed E-state index contributed by atoms with van der Waals surface area (Å²) in [5.74, 6) is 1.39. The van der Waals surface area contributed by atoms with Gasteiger partial charge in [-0.3, -0.25) is 9.72 Å². The van der Waals surface area contributed by atoms with E-state index in [1.807, 2.05) is 47.5 Å². The van der Waals surface area contributed by atoms with Crippen LogP contribution in [0.4, 0.5) is 10.6 Å². The zero-order valence-electron chi connectivity index (χ0n) is 16.4. The van der Waals surface area contributed by atoms with Crippen molar-refractivity contribution in [2.24, 2.45) is 0 Å². The topological polar surface area (TPSA) is 89.1 Å². The van der Waals surface area contributed by atoms with Gasteiger partial charge in [-0.2, -0.15) is 5.10 Å². The minimum absolute atomic E-state index is 0.186. The molecule has 3 aromatic heterocycles. The number of aromatic nitrogens is 5. The van der Waals surface area contributed by atoms with Gasteiger partial charge in [-0.05, 0) is 32.3 Å². The summed E-state index contributed by atoms with van der Waals surface area (Å²) in [5, 5.41) is 10.7. The molecule has 1 atom stereocenters. The van der Waals surface area contributed by atoms with Crippen LogP contribution in [0.25, 0.3) is 5.78 Å². The Morgan fingerprint density at radius 3 is 2.89 bits per heavy atom. The lowest BCUT2D eigenvalue weighted by atomic mass is 9.96. The van der Waals surface area contributed by atoms with E-state index in [2.05, 4.69) is 25.7 Å². The Balaban J connectivity index is 1.47. The highest BCUT2D eigenvalue weighted by Gasteiger charge is 2.22. The first-order chi connectivity index (χ1) is 13.6. The Kier molecular flexibility index (Phi) is 5.27. The minimum atomic E-state index is -0.242. The normalized spacial score (nSPS) is 16.2. The van der Waals surface area contributed by atoms with E-state index in [0.717, 1.165) is 36.5 Å². The predicted molar refractivity (Wildman–Crippen MR) is 107 cm³/mol. The third kappa shape index (κ3) is 3.85. The molecule has 0 aromatic carbocycles. The Morgan fingerprint density at radius 1 is 1.32 bits per heavy atom. The smallest absolute Gasteiger partial charge is 0.320 e. The number of rotatable bonds is 5. The van der Waals surface area contributed by atoms with Crippen LogP contribution in [-0.4, -0.2) is 30.2 Å². The fraction of sp³-hybridized carbons (Fsp3) is 0.500. The Hall–Kier alpha value is -2.90. The molecule has 1 aliphatic carbocycles. The van der Waals surface area contributed by atoms with Gasteiger partial charge in [0.05, 0.1) is 23.5 Å². The molecule has 0 saturated heterocycles. The SMILES string of the molecule is CC[C@H](NC(=O)Nc1cc(C)nn1C1CCCCC1)c1cn2cccnc2n1. The fourth-order valence-electron chi connectivity index (χ4n) is 3.93. The van der Waals surface area contributed by atoms with Crippen molar-refractivity contribution in [3.8, 4) is 0 Å². The van der Waals surface area contributed by atoms with E-state index in [1.54, 1.807) is 6.20 Å². The van der Waals surface area contributed by atoms with Crippen LogP contribution in [0, 0.1) is 6.92 Å². The molecule has 0 bridgehead atoms. The number of carbonyl (C=O) groups excluding carboxylic acids is 1. The van der Waals surface area contributed by atoms with Crippen LogP contribution in [-0.2, 0) is 0 Å². The largest absolute Gasteiger partial charge is 0.329 e. The molecule has 1 aliphatic rings. The average Bonchev–Trinajstić information content (AvgIpc) is 3.30. The first-order valence-electron chi connectivity index (χ1n) is 10.1. The van der Waals surface area contributed by atoms with Crippen molar-refractivity contribution in [1.29, 1.82) is 0 Å². The summed E-state index contributed by atoms with van der Waals surface area (Å²) in [6, 6.07) is 3.73. The molecule has 28 heavy (non-hydrogen) atoms. The number of anilines is 1. The van der Waals surface area contributed by atoms with E-state index in [-0.39, 0.29) is 12.1 Å². The van der Waals surface area contributed by atoms with Crippen molar-refractivity contribution < 1.29 is 4.79 Å². The highest BCUT2D eigenvalue weighted by Crippen LogP contribution is 2.30. The van der Waals surface area contributed by atoms with Gasteiger partial charge in [-0.15, -0.1) is 0 Å². The maximum atomic E-state index is 12.7. The Morgan fingerprint density at radius 2 is 2.14 bits per heavy atom. The third-order valence-corrected chi connectivity index (χ3v) is 5.34. The lowest BCUT2D eigenvalue weighted by Crippen LogP contribution is -2.33. The molecule has 8 heteroatoms. The van der Waals surface area contributed by atoms with Crippen molar-refractivity contribution in [3.05, 3.63) is 42.1 Å². The van der Waals surface area contributed by atoms with Gasteiger partial charge in [0, 0.05) is 24.7 Å². The van der Waals surface area contributed by atoms with Crippen LogP contribution in [0.3, 0.4) is 0 Å². The summed E-state index contributed by atoms with van der Waals surface area (Å²) < 4.78 is 3.85. The first kappa shape index (κ1) is 18.5. The highest BCUT2D eigenvalue weighted by molar-refractivity contribution is 5.88. The van der Waals surface area contributed by atoms with E-state index in [0.29, 0.717) is 11.8 Å². The number of nitrogens with one attached hydrogen (secondary N) is 2. The number of nitrogens with zero attached hydrogens (tertiary/aromatic N) is 5. The molecule has 3 aromatic rings. The molecule has 3 heterocycles. The second-order valence-electron chi connectivity index (χ2n) is 7.46. The zero-order chi connectivity index (χ0) is 19.5. The van der Waals surface area contributed by atoms with E-state index < -0.39 is 0 Å². The van der Waals surface area contributed by atoms with Gasteiger partial charge in [0.2, 0.25) is 5.78 Å². The average molecular weight is 381 g/mol. The molecule has 0 aliphatic heterocycles. The summed E-state index contributed by atoms with van der Waals surface area (Å²) in [6.07, 6.45) is 12.2. The van der Waals surface area contributed by atoms with E-state index in [4.69, 9.17) is 0 Å². The monoisotopic (exact) mass is 381 g/mol. The predicted octanol–water partition coefficient (Wildman–Crippen LogP) is 4.01. The summed E-state index contributed by atoms with van der Waals surface area (Å²) in [5.41, 5.74) is 1.72. The lowest BCUT2D eigenvalue weighted by molar-refractivity contribution is 0.247. The minimum Gasteiger partial charge on any atom is -0.329 e. The molecule has 0 unspecified atom stereocenters. The quantitative estimate of drug-likeness (QED) is 0.699. The Labute approximate surface area is 164 Å². The molecule has 0 radical (unpaired) electrons. The number of carbonyl (C=O) groups is 1. The molecule has 1 saturated carbocycles. The number of hydrogen-bond donors (Lipinski definition) is 2. The van der Waals surface area contributed by atoms with Crippen LogP contribution in [0.5, 0.6) is 0 Å². The molecule has 2 N–H and O–H groups in total. The van der Waals surface area contributed by atoms with Gasteiger partial charge in [0.15, 0.2) is 0 Å². The number of fused-ring (bicyclic) bond motifs is 1. The molecular formula is C20H27N7O. The molecule has 8 nitrogen and oxygen atoms in total. The third-order valence-electron chi connectivity index (χ3n) is 5.34. The van der Waals surface area contributed by atoms with Crippen molar-refractivity contribution >= 4 is 17.6 Å². The van der Waals surface area contributed by atoms with Gasteiger partial charge in [0.1, 0.15) is 5.82 Å². The van der Waals surface area contributed by atoms with Crippen molar-refractivity contribution in [3.63, 3.8) is 0 Å². The zero-order valence-corrected chi connectivity index (χ0v) is 16.4. The number of urea groups is 1. The second kappa shape index (κ2) is 8.00. The van der Waals surface area contributed by atoms with Gasteiger partial charge in [-0.25, -0.2) is 19.4 Å². The highest BCUT2D eigenvalue weighted by atomic mass is 16.2. The summed E-state index contributed by atoms with van der Waals surface area (Å²) >= 11 is 0. The lowest BCUT2D eigenvalue weighted by Gasteiger charge is -2.24. The van der Waals surface area contributed by atoms with Crippen LogP contribution in [0.1, 0.15) is 68.9 Å². The first-order valence-corrected chi connectivity index (χ1v) is 10.1. The van der Waals surface area contributed by atoms with Crippen molar-refractivity contribution in [2.75, 3.05) is 5.32 Å². The number of hydrogen-bond acceptors (Lipinski definition) is 4. The van der Waals surface area contributed by atoms with Gasteiger partial charge < -0.3 is 5.32 Å².